The molecule has 0 saturated carbocycles. The first-order chi connectivity index (χ1) is 8.19. The van der Waals surface area contributed by atoms with E-state index in [4.69, 9.17) is 0 Å². The number of ketones is 1. The van der Waals surface area contributed by atoms with Gasteiger partial charge in [-0.2, -0.15) is 0 Å². The minimum Gasteiger partial charge on any atom is -0.469 e. The predicted molar refractivity (Wildman–Crippen MR) is 65.9 cm³/mol. The van der Waals surface area contributed by atoms with Crippen LogP contribution in [0.1, 0.15) is 28.8 Å². The molecule has 90 valence electrons. The molecule has 1 aromatic rings. The summed E-state index contributed by atoms with van der Waals surface area (Å²) in [6, 6.07) is 7.37. The Kier molecular flexibility index (Phi) is 5.14. The molecule has 0 radical (unpaired) electrons. The first-order valence-corrected chi connectivity index (χ1v) is 5.48. The van der Waals surface area contributed by atoms with Gasteiger partial charge in [0.25, 0.3) is 0 Å². The van der Waals surface area contributed by atoms with Crippen LogP contribution in [0.25, 0.3) is 0 Å². The van der Waals surface area contributed by atoms with E-state index in [9.17, 15) is 9.59 Å². The van der Waals surface area contributed by atoms with Crippen molar-refractivity contribution >= 4 is 11.8 Å². The molecular formula is C14H16O3. The lowest BCUT2D eigenvalue weighted by atomic mass is 9.98. The van der Waals surface area contributed by atoms with E-state index in [2.05, 4.69) is 11.3 Å². The monoisotopic (exact) mass is 232 g/mol. The summed E-state index contributed by atoms with van der Waals surface area (Å²) in [5.41, 5.74) is 1.61. The van der Waals surface area contributed by atoms with Crippen LogP contribution >= 0.6 is 0 Å². The number of hydrogen-bond acceptors (Lipinski definition) is 3. The van der Waals surface area contributed by atoms with Gasteiger partial charge >= 0.3 is 5.97 Å². The zero-order valence-corrected chi connectivity index (χ0v) is 9.94. The molecule has 0 unspecified atom stereocenters. The fraction of sp³-hybridized carbons (Fsp3) is 0.286. The Hall–Kier alpha value is -1.90. The molecule has 0 aliphatic carbocycles. The van der Waals surface area contributed by atoms with Crippen molar-refractivity contribution in [1.29, 1.82) is 0 Å². The summed E-state index contributed by atoms with van der Waals surface area (Å²) in [4.78, 5) is 22.9. The van der Waals surface area contributed by atoms with E-state index in [0.29, 0.717) is 12.0 Å². The van der Waals surface area contributed by atoms with Crippen molar-refractivity contribution in [3.8, 4) is 0 Å². The van der Waals surface area contributed by atoms with Crippen molar-refractivity contribution in [3.05, 3.63) is 48.0 Å². The Morgan fingerprint density at radius 2 is 2.00 bits per heavy atom. The Labute approximate surface area is 101 Å². The summed E-state index contributed by atoms with van der Waals surface area (Å²) in [7, 11) is 1.32. The third-order valence-electron chi connectivity index (χ3n) is 2.47. The number of Topliss-reactive ketones (excluding diaryl/α,β-unsaturated/α-hetero) is 1. The largest absolute Gasteiger partial charge is 0.469 e. The van der Waals surface area contributed by atoms with Crippen LogP contribution in [0.15, 0.2) is 36.9 Å². The Morgan fingerprint density at radius 1 is 1.29 bits per heavy atom. The molecule has 1 rings (SSSR count). The van der Waals surface area contributed by atoms with Crippen LogP contribution in [0.3, 0.4) is 0 Å². The molecule has 0 N–H and O–H groups in total. The molecule has 0 spiro atoms. The van der Waals surface area contributed by atoms with Crippen molar-refractivity contribution in [1.82, 2.24) is 0 Å². The molecule has 0 aliphatic heterocycles. The molecule has 0 aliphatic rings. The van der Waals surface area contributed by atoms with Crippen LogP contribution in [0, 0.1) is 0 Å². The molecule has 0 amide bonds. The standard InChI is InChI=1S/C14H16O3/c1-3-6-11-7-4-5-8-12(11)13(15)9-10-14(16)17-2/h3-5,7-8H,1,6,9-10H2,2H3. The highest BCUT2D eigenvalue weighted by atomic mass is 16.5. The first-order valence-electron chi connectivity index (χ1n) is 5.48. The number of carbonyl (C=O) groups is 2. The lowest BCUT2D eigenvalue weighted by molar-refractivity contribution is -0.140. The Bertz CT molecular complexity index is 421. The minimum atomic E-state index is -0.362. The Balaban J connectivity index is 2.74. The minimum absolute atomic E-state index is 0.0344. The summed E-state index contributed by atoms with van der Waals surface area (Å²) >= 11 is 0. The van der Waals surface area contributed by atoms with Crippen molar-refractivity contribution in [3.63, 3.8) is 0 Å². The van der Waals surface area contributed by atoms with Crippen molar-refractivity contribution in [2.45, 2.75) is 19.3 Å². The van der Waals surface area contributed by atoms with Gasteiger partial charge in [-0.3, -0.25) is 9.59 Å². The first kappa shape index (κ1) is 13.2. The van der Waals surface area contributed by atoms with Crippen LogP contribution in [-0.4, -0.2) is 18.9 Å². The number of rotatable bonds is 6. The van der Waals surface area contributed by atoms with E-state index in [1.807, 2.05) is 18.2 Å². The molecule has 3 heteroatoms. The van der Waals surface area contributed by atoms with Gasteiger partial charge in [-0.15, -0.1) is 6.58 Å². The molecule has 0 fully saturated rings. The van der Waals surface area contributed by atoms with Gasteiger partial charge in [-0.25, -0.2) is 0 Å². The number of hydrogen-bond donors (Lipinski definition) is 0. The highest BCUT2D eigenvalue weighted by Crippen LogP contribution is 2.13. The van der Waals surface area contributed by atoms with Crippen molar-refractivity contribution in [2.75, 3.05) is 7.11 Å². The maximum absolute atomic E-state index is 11.9. The highest BCUT2D eigenvalue weighted by Gasteiger charge is 2.12. The molecule has 17 heavy (non-hydrogen) atoms. The normalized spacial score (nSPS) is 9.71. The average Bonchev–Trinajstić information content (AvgIpc) is 2.36. The van der Waals surface area contributed by atoms with Gasteiger partial charge in [-0.05, 0) is 12.0 Å². The molecule has 0 aromatic heterocycles. The van der Waals surface area contributed by atoms with E-state index in [-0.39, 0.29) is 24.6 Å². The summed E-state index contributed by atoms with van der Waals surface area (Å²) in [6.07, 6.45) is 2.71. The SMILES string of the molecule is C=CCc1ccccc1C(=O)CCC(=O)OC. The number of methoxy groups -OCH3 is 1. The summed E-state index contributed by atoms with van der Waals surface area (Å²) < 4.78 is 4.51. The zero-order valence-electron chi connectivity index (χ0n) is 9.94. The lowest BCUT2D eigenvalue weighted by Gasteiger charge is -2.06. The van der Waals surface area contributed by atoms with E-state index in [0.717, 1.165) is 5.56 Å². The zero-order chi connectivity index (χ0) is 12.7. The molecule has 1 aromatic carbocycles. The van der Waals surface area contributed by atoms with E-state index < -0.39 is 0 Å². The van der Waals surface area contributed by atoms with Gasteiger partial charge in [0.05, 0.1) is 13.5 Å². The second-order valence-corrected chi connectivity index (χ2v) is 3.65. The molecule has 3 nitrogen and oxygen atoms in total. The smallest absolute Gasteiger partial charge is 0.305 e. The molecule has 0 bridgehead atoms. The summed E-state index contributed by atoms with van der Waals surface area (Å²) in [5.74, 6) is -0.396. The van der Waals surface area contributed by atoms with Crippen LogP contribution in [-0.2, 0) is 16.0 Å². The van der Waals surface area contributed by atoms with Gasteiger partial charge in [-0.1, -0.05) is 30.3 Å². The van der Waals surface area contributed by atoms with Crippen LogP contribution in [0.4, 0.5) is 0 Å². The van der Waals surface area contributed by atoms with E-state index >= 15 is 0 Å². The number of allylic oxidation sites excluding steroid dienone is 1. The maximum Gasteiger partial charge on any atom is 0.305 e. The number of ether oxygens (including phenoxy) is 1. The van der Waals surface area contributed by atoms with Crippen molar-refractivity contribution in [2.24, 2.45) is 0 Å². The predicted octanol–water partition coefficient (Wildman–Crippen LogP) is 2.55. The van der Waals surface area contributed by atoms with Gasteiger partial charge in [0.2, 0.25) is 0 Å². The van der Waals surface area contributed by atoms with Crippen LogP contribution in [0.5, 0.6) is 0 Å². The lowest BCUT2D eigenvalue weighted by Crippen LogP contribution is -2.08. The molecule has 0 saturated heterocycles. The molecular weight excluding hydrogens is 216 g/mol. The highest BCUT2D eigenvalue weighted by molar-refractivity contribution is 5.98. The van der Waals surface area contributed by atoms with Gasteiger partial charge in [0, 0.05) is 12.0 Å². The van der Waals surface area contributed by atoms with Gasteiger partial charge in [0.1, 0.15) is 0 Å². The number of esters is 1. The molecule has 0 heterocycles. The number of carbonyl (C=O) groups excluding carboxylic acids is 2. The maximum atomic E-state index is 11.9. The fourth-order valence-electron chi connectivity index (χ4n) is 1.58. The third-order valence-corrected chi connectivity index (χ3v) is 2.47. The van der Waals surface area contributed by atoms with Crippen LogP contribution < -0.4 is 0 Å². The van der Waals surface area contributed by atoms with Crippen LogP contribution in [0.2, 0.25) is 0 Å². The average molecular weight is 232 g/mol. The quantitative estimate of drug-likeness (QED) is 0.430. The molecule has 0 atom stereocenters. The van der Waals surface area contributed by atoms with Gasteiger partial charge in [0.15, 0.2) is 5.78 Å². The second kappa shape index (κ2) is 6.63. The Morgan fingerprint density at radius 3 is 2.65 bits per heavy atom. The number of benzene rings is 1. The van der Waals surface area contributed by atoms with E-state index in [1.54, 1.807) is 12.1 Å². The van der Waals surface area contributed by atoms with Crippen molar-refractivity contribution < 1.29 is 14.3 Å². The second-order valence-electron chi connectivity index (χ2n) is 3.65. The van der Waals surface area contributed by atoms with E-state index in [1.165, 1.54) is 7.11 Å². The topological polar surface area (TPSA) is 43.4 Å². The fourth-order valence-corrected chi connectivity index (χ4v) is 1.58. The van der Waals surface area contributed by atoms with Gasteiger partial charge < -0.3 is 4.74 Å². The summed E-state index contributed by atoms with van der Waals surface area (Å²) in [5, 5.41) is 0. The third kappa shape index (κ3) is 3.87. The summed E-state index contributed by atoms with van der Waals surface area (Å²) in [6.45, 7) is 3.66.